The standard InChI is InChI=1S/C8H6N6O/c1-5(15)14-7-2-8(12-13-9)10-3-6(7)4-11-14/h2-4H,1H3. The molecule has 2 aromatic rings. The lowest BCUT2D eigenvalue weighted by Gasteiger charge is -1.96. The number of azide groups is 1. The van der Waals surface area contributed by atoms with E-state index < -0.39 is 0 Å². The molecule has 0 bridgehead atoms. The van der Waals surface area contributed by atoms with Crippen LogP contribution >= 0.6 is 0 Å². The van der Waals surface area contributed by atoms with Crippen LogP contribution in [0.5, 0.6) is 0 Å². The average Bonchev–Trinajstić information content (AvgIpc) is 2.61. The van der Waals surface area contributed by atoms with Crippen molar-refractivity contribution in [2.24, 2.45) is 5.11 Å². The Labute approximate surface area is 84.0 Å². The third kappa shape index (κ3) is 1.51. The van der Waals surface area contributed by atoms with Gasteiger partial charge in [0.05, 0.1) is 11.7 Å². The SMILES string of the molecule is CC(=O)n1ncc2cnc(N=[N+]=[N-])cc21. The number of carbonyl (C=O) groups excluding carboxylic acids is 1. The van der Waals surface area contributed by atoms with Gasteiger partial charge in [0, 0.05) is 23.4 Å². The Morgan fingerprint density at radius 2 is 2.40 bits per heavy atom. The monoisotopic (exact) mass is 202 g/mol. The van der Waals surface area contributed by atoms with Gasteiger partial charge in [-0.25, -0.2) is 4.68 Å². The van der Waals surface area contributed by atoms with Crippen LogP contribution in [0.3, 0.4) is 0 Å². The number of hydrogen-bond donors (Lipinski definition) is 0. The van der Waals surface area contributed by atoms with E-state index in [1.54, 1.807) is 0 Å². The molecule has 0 amide bonds. The first-order chi connectivity index (χ1) is 7.22. The van der Waals surface area contributed by atoms with Crippen LogP contribution in [0, 0.1) is 0 Å². The fraction of sp³-hybridized carbons (Fsp3) is 0.125. The number of hydrogen-bond acceptors (Lipinski definition) is 4. The minimum absolute atomic E-state index is 0.205. The average molecular weight is 202 g/mol. The van der Waals surface area contributed by atoms with Crippen LogP contribution in [-0.2, 0) is 0 Å². The van der Waals surface area contributed by atoms with E-state index in [0.29, 0.717) is 5.52 Å². The molecule has 15 heavy (non-hydrogen) atoms. The van der Waals surface area contributed by atoms with Gasteiger partial charge >= 0.3 is 0 Å². The third-order valence-corrected chi connectivity index (χ3v) is 1.88. The summed E-state index contributed by atoms with van der Waals surface area (Å²) in [6.07, 6.45) is 3.04. The van der Waals surface area contributed by atoms with Gasteiger partial charge in [-0.15, -0.1) is 0 Å². The molecule has 0 saturated heterocycles. The summed E-state index contributed by atoms with van der Waals surface area (Å²) in [5.74, 6) is 0.0103. The molecular weight excluding hydrogens is 196 g/mol. The molecule has 0 radical (unpaired) electrons. The molecule has 0 saturated carbocycles. The smallest absolute Gasteiger partial charge is 0.244 e. The normalized spacial score (nSPS) is 9.93. The van der Waals surface area contributed by atoms with Gasteiger partial charge in [-0.1, -0.05) is 0 Å². The Balaban J connectivity index is 2.71. The van der Waals surface area contributed by atoms with Crippen molar-refractivity contribution in [3.05, 3.63) is 28.9 Å². The largest absolute Gasteiger partial charge is 0.273 e. The molecule has 0 unspecified atom stereocenters. The molecule has 0 aromatic carbocycles. The molecule has 74 valence electrons. The zero-order valence-electron chi connectivity index (χ0n) is 7.82. The quantitative estimate of drug-likeness (QED) is 0.402. The predicted molar refractivity (Wildman–Crippen MR) is 52.6 cm³/mol. The number of pyridine rings is 1. The van der Waals surface area contributed by atoms with Gasteiger partial charge < -0.3 is 0 Å². The topological polar surface area (TPSA) is 96.5 Å². The number of fused-ring (bicyclic) bond motifs is 1. The van der Waals surface area contributed by atoms with Crippen LogP contribution in [0.25, 0.3) is 21.3 Å². The second-order valence-corrected chi connectivity index (χ2v) is 2.87. The molecule has 2 aromatic heterocycles. The summed E-state index contributed by atoms with van der Waals surface area (Å²) in [6.45, 7) is 1.40. The molecule has 0 spiro atoms. The van der Waals surface area contributed by atoms with Crippen molar-refractivity contribution < 1.29 is 4.79 Å². The van der Waals surface area contributed by atoms with Crippen LogP contribution in [-0.4, -0.2) is 20.7 Å². The molecule has 2 rings (SSSR count). The van der Waals surface area contributed by atoms with Crippen LogP contribution in [0.15, 0.2) is 23.6 Å². The van der Waals surface area contributed by atoms with Gasteiger partial charge in [-0.05, 0) is 16.7 Å². The lowest BCUT2D eigenvalue weighted by Crippen LogP contribution is -2.06. The number of carbonyl (C=O) groups is 1. The lowest BCUT2D eigenvalue weighted by molar-refractivity contribution is 0.0927. The summed E-state index contributed by atoms with van der Waals surface area (Å²) in [6, 6.07) is 1.52. The van der Waals surface area contributed by atoms with E-state index in [2.05, 4.69) is 20.1 Å². The number of aromatic nitrogens is 3. The molecule has 0 aliphatic rings. The second kappa shape index (κ2) is 3.39. The summed E-state index contributed by atoms with van der Waals surface area (Å²) >= 11 is 0. The third-order valence-electron chi connectivity index (χ3n) is 1.88. The molecule has 0 aliphatic carbocycles. The van der Waals surface area contributed by atoms with Gasteiger partial charge in [-0.3, -0.25) is 9.78 Å². The van der Waals surface area contributed by atoms with Gasteiger partial charge in [0.2, 0.25) is 5.91 Å². The molecule has 7 heteroatoms. The van der Waals surface area contributed by atoms with Crippen molar-refractivity contribution in [2.45, 2.75) is 6.92 Å². The molecule has 0 atom stereocenters. The summed E-state index contributed by atoms with van der Waals surface area (Å²) in [5, 5.41) is 7.97. The molecule has 0 aliphatic heterocycles. The van der Waals surface area contributed by atoms with Crippen LogP contribution in [0.4, 0.5) is 5.82 Å². The zero-order valence-corrected chi connectivity index (χ0v) is 7.82. The van der Waals surface area contributed by atoms with Crippen LogP contribution in [0.2, 0.25) is 0 Å². The first kappa shape index (κ1) is 9.17. The van der Waals surface area contributed by atoms with Crippen molar-refractivity contribution in [1.29, 1.82) is 0 Å². The molecular formula is C8H6N6O. The summed E-state index contributed by atoms with van der Waals surface area (Å²) in [7, 11) is 0. The van der Waals surface area contributed by atoms with E-state index in [1.807, 2.05) is 0 Å². The van der Waals surface area contributed by atoms with E-state index in [0.717, 1.165) is 5.39 Å². The predicted octanol–water partition coefficient (Wildman–Crippen LogP) is 2.03. The Hall–Kier alpha value is -2.40. The second-order valence-electron chi connectivity index (χ2n) is 2.87. The Morgan fingerprint density at radius 1 is 1.60 bits per heavy atom. The van der Waals surface area contributed by atoms with E-state index >= 15 is 0 Å². The van der Waals surface area contributed by atoms with Crippen molar-refractivity contribution in [1.82, 2.24) is 14.8 Å². The summed E-state index contributed by atoms with van der Waals surface area (Å²) in [5.41, 5.74) is 8.83. The number of nitrogens with zero attached hydrogens (tertiary/aromatic N) is 6. The highest BCUT2D eigenvalue weighted by molar-refractivity contribution is 5.90. The highest BCUT2D eigenvalue weighted by Gasteiger charge is 2.06. The van der Waals surface area contributed by atoms with Gasteiger partial charge in [0.25, 0.3) is 0 Å². The zero-order chi connectivity index (χ0) is 10.8. The maximum Gasteiger partial charge on any atom is 0.244 e. The van der Waals surface area contributed by atoms with E-state index in [-0.39, 0.29) is 11.7 Å². The van der Waals surface area contributed by atoms with Crippen molar-refractivity contribution in [3.63, 3.8) is 0 Å². The summed E-state index contributed by atoms with van der Waals surface area (Å²) in [4.78, 5) is 17.7. The first-order valence-corrected chi connectivity index (χ1v) is 4.12. The molecule has 0 fully saturated rings. The summed E-state index contributed by atoms with van der Waals surface area (Å²) < 4.78 is 1.23. The minimum Gasteiger partial charge on any atom is -0.273 e. The maximum absolute atomic E-state index is 11.2. The Bertz CT molecular complexity index is 580. The van der Waals surface area contributed by atoms with E-state index in [4.69, 9.17) is 5.53 Å². The minimum atomic E-state index is -0.205. The molecule has 7 nitrogen and oxygen atoms in total. The lowest BCUT2D eigenvalue weighted by atomic mass is 10.3. The molecule has 2 heterocycles. The van der Waals surface area contributed by atoms with E-state index in [1.165, 1.54) is 30.1 Å². The van der Waals surface area contributed by atoms with E-state index in [9.17, 15) is 4.79 Å². The fourth-order valence-corrected chi connectivity index (χ4v) is 1.26. The van der Waals surface area contributed by atoms with Crippen LogP contribution in [0.1, 0.15) is 11.7 Å². The molecule has 0 N–H and O–H groups in total. The highest BCUT2D eigenvalue weighted by Crippen LogP contribution is 2.17. The Morgan fingerprint density at radius 3 is 3.07 bits per heavy atom. The van der Waals surface area contributed by atoms with Crippen molar-refractivity contribution in [2.75, 3.05) is 0 Å². The van der Waals surface area contributed by atoms with Crippen LogP contribution < -0.4 is 0 Å². The number of rotatable bonds is 1. The fourth-order valence-electron chi connectivity index (χ4n) is 1.26. The van der Waals surface area contributed by atoms with Gasteiger partial charge in [-0.2, -0.15) is 5.10 Å². The Kier molecular flexibility index (Phi) is 2.07. The van der Waals surface area contributed by atoms with Gasteiger partial charge in [0.15, 0.2) is 0 Å². The highest BCUT2D eigenvalue weighted by atomic mass is 16.2. The first-order valence-electron chi connectivity index (χ1n) is 4.12. The van der Waals surface area contributed by atoms with Gasteiger partial charge in [0.1, 0.15) is 5.82 Å². The maximum atomic E-state index is 11.2. The van der Waals surface area contributed by atoms with Crippen molar-refractivity contribution >= 4 is 22.6 Å². The van der Waals surface area contributed by atoms with Crippen molar-refractivity contribution in [3.8, 4) is 0 Å².